The normalized spacial score (nSPS) is 36.4. The molecule has 3 unspecified atom stereocenters. The third-order valence-corrected chi connectivity index (χ3v) is 8.81. The maximum absolute atomic E-state index is 13.0. The monoisotopic (exact) mass is 419 g/mol. The molecule has 160 valence electrons. The summed E-state index contributed by atoms with van der Waals surface area (Å²) in [5.74, 6) is 2.93. The third kappa shape index (κ3) is 2.93. The molecule has 1 aliphatic heterocycles. The Hall–Kier alpha value is -1.26. The molecule has 3 aliphatic carbocycles. The van der Waals surface area contributed by atoms with Gasteiger partial charge in [-0.15, -0.1) is 12.4 Å². The number of phenols is 1. The van der Waals surface area contributed by atoms with Crippen molar-refractivity contribution in [1.82, 2.24) is 4.90 Å². The van der Waals surface area contributed by atoms with Crippen LogP contribution < -0.4 is 4.74 Å². The second kappa shape index (κ2) is 7.46. The van der Waals surface area contributed by atoms with Crippen LogP contribution >= 0.6 is 12.4 Å². The number of piperidine rings is 1. The largest absolute Gasteiger partial charge is 0.504 e. The first kappa shape index (κ1) is 21.0. The summed E-state index contributed by atoms with van der Waals surface area (Å²) in [7, 11) is 1.61. The Labute approximate surface area is 180 Å². The number of phenolic OH excluding ortho intramolecular Hbond substituents is 1. The lowest BCUT2D eigenvalue weighted by Crippen LogP contribution is -2.65. The van der Waals surface area contributed by atoms with Crippen molar-refractivity contribution in [2.75, 3.05) is 20.2 Å². The van der Waals surface area contributed by atoms with Gasteiger partial charge in [0.2, 0.25) is 0 Å². The van der Waals surface area contributed by atoms with E-state index in [2.05, 4.69) is 24.8 Å². The highest BCUT2D eigenvalue weighted by atomic mass is 35.5. The fraction of sp³-hybridized carbons (Fsp3) is 0.708. The maximum Gasteiger partial charge on any atom is 0.161 e. The Morgan fingerprint density at radius 1 is 1.28 bits per heavy atom. The molecule has 29 heavy (non-hydrogen) atoms. The number of aromatic hydroxyl groups is 1. The molecule has 3 fully saturated rings. The zero-order valence-corrected chi connectivity index (χ0v) is 18.6. The molecule has 1 saturated heterocycles. The highest BCUT2D eigenvalue weighted by Crippen LogP contribution is 2.61. The molecular formula is C24H34ClNO3. The Kier molecular flexibility index (Phi) is 5.40. The lowest BCUT2D eigenvalue weighted by molar-refractivity contribution is -0.138. The van der Waals surface area contributed by atoms with Gasteiger partial charge in [0.25, 0.3) is 0 Å². The maximum atomic E-state index is 13.0. The van der Waals surface area contributed by atoms with Gasteiger partial charge in [0, 0.05) is 35.9 Å². The van der Waals surface area contributed by atoms with E-state index in [0.29, 0.717) is 35.8 Å². The molecule has 0 aromatic heterocycles. The van der Waals surface area contributed by atoms with E-state index >= 15 is 0 Å². The average molecular weight is 420 g/mol. The predicted molar refractivity (Wildman–Crippen MR) is 116 cm³/mol. The lowest BCUT2D eigenvalue weighted by atomic mass is 9.47. The molecule has 5 heteroatoms. The number of halogens is 1. The molecule has 1 heterocycles. The van der Waals surface area contributed by atoms with Crippen LogP contribution in [0.2, 0.25) is 0 Å². The van der Waals surface area contributed by atoms with E-state index in [1.54, 1.807) is 7.11 Å². The predicted octanol–water partition coefficient (Wildman–Crippen LogP) is 4.35. The summed E-state index contributed by atoms with van der Waals surface area (Å²) in [6.07, 6.45) is 6.66. The summed E-state index contributed by atoms with van der Waals surface area (Å²) < 4.78 is 5.45. The fourth-order valence-electron chi connectivity index (χ4n) is 7.01. The number of likely N-dealkylation sites (tertiary alicyclic amines) is 1. The summed E-state index contributed by atoms with van der Waals surface area (Å²) in [6, 6.07) is 4.52. The summed E-state index contributed by atoms with van der Waals surface area (Å²) in [5, 5.41) is 11.1. The van der Waals surface area contributed by atoms with Crippen molar-refractivity contribution < 1.29 is 14.6 Å². The molecule has 0 amide bonds. The molecule has 0 radical (unpaired) electrons. The summed E-state index contributed by atoms with van der Waals surface area (Å²) in [6.45, 7) is 6.65. The van der Waals surface area contributed by atoms with Gasteiger partial charge in [-0.2, -0.15) is 0 Å². The molecule has 1 aromatic rings. The fourth-order valence-corrected chi connectivity index (χ4v) is 7.01. The number of methoxy groups -OCH3 is 1. The van der Waals surface area contributed by atoms with E-state index in [1.807, 2.05) is 6.07 Å². The van der Waals surface area contributed by atoms with Crippen LogP contribution in [0.15, 0.2) is 12.1 Å². The molecule has 4 aliphatic rings. The number of ether oxygens (including phenoxy) is 1. The highest BCUT2D eigenvalue weighted by molar-refractivity contribution is 5.85. The minimum Gasteiger partial charge on any atom is -0.504 e. The van der Waals surface area contributed by atoms with Gasteiger partial charge in [-0.1, -0.05) is 26.3 Å². The van der Waals surface area contributed by atoms with Crippen molar-refractivity contribution >= 4 is 18.2 Å². The summed E-state index contributed by atoms with van der Waals surface area (Å²) >= 11 is 0. The standard InChI is InChI=1S/C24H33NO3.ClH/c1-14-15(2)21-18-11-17-7-8-20(28-3)23(27)22(17)24(21,12-19(14)26)9-10-25(18)13-16-5-4-6-16;/h7-8,14-16,18,21,27H,4-6,9-13H2,1-3H3;1H/t14-,15-,18?,21?,24?;/m0./s1. The van der Waals surface area contributed by atoms with E-state index in [-0.39, 0.29) is 29.5 Å². The van der Waals surface area contributed by atoms with Gasteiger partial charge >= 0.3 is 0 Å². The van der Waals surface area contributed by atoms with Crippen LogP contribution in [0.4, 0.5) is 0 Å². The molecule has 5 atom stereocenters. The second-order valence-corrected chi connectivity index (χ2v) is 9.94. The quantitative estimate of drug-likeness (QED) is 0.791. The van der Waals surface area contributed by atoms with Crippen LogP contribution in [-0.2, 0) is 16.6 Å². The van der Waals surface area contributed by atoms with Gasteiger partial charge in [-0.05, 0) is 61.6 Å². The van der Waals surface area contributed by atoms with Crippen LogP contribution in [-0.4, -0.2) is 42.0 Å². The molecule has 2 saturated carbocycles. The van der Waals surface area contributed by atoms with Crippen LogP contribution in [0.25, 0.3) is 0 Å². The first-order valence-corrected chi connectivity index (χ1v) is 11.1. The highest BCUT2D eigenvalue weighted by Gasteiger charge is 2.60. The number of carbonyl (C=O) groups excluding carboxylic acids is 1. The minimum absolute atomic E-state index is 0. The first-order valence-electron chi connectivity index (χ1n) is 11.1. The van der Waals surface area contributed by atoms with Crippen LogP contribution in [0.3, 0.4) is 0 Å². The third-order valence-electron chi connectivity index (χ3n) is 8.81. The lowest BCUT2D eigenvalue weighted by Gasteiger charge is -2.62. The SMILES string of the molecule is COc1ccc2c(c1O)C13CCN(CC4CCC4)C(C2)C1[C@@H](C)[C@H](C)C(=O)C3.Cl. The van der Waals surface area contributed by atoms with Crippen molar-refractivity contribution in [2.24, 2.45) is 23.7 Å². The summed E-state index contributed by atoms with van der Waals surface area (Å²) in [5.41, 5.74) is 2.03. The number of carbonyl (C=O) groups is 1. The number of benzene rings is 1. The smallest absolute Gasteiger partial charge is 0.161 e. The van der Waals surface area contributed by atoms with Crippen molar-refractivity contribution in [3.63, 3.8) is 0 Å². The number of hydrogen-bond donors (Lipinski definition) is 1. The van der Waals surface area contributed by atoms with Crippen molar-refractivity contribution in [2.45, 2.75) is 63.8 Å². The second-order valence-electron chi connectivity index (χ2n) is 9.94. The first-order chi connectivity index (χ1) is 13.5. The number of rotatable bonds is 3. The summed E-state index contributed by atoms with van der Waals surface area (Å²) in [4.78, 5) is 15.8. The Morgan fingerprint density at radius 2 is 2.03 bits per heavy atom. The Bertz CT molecular complexity index is 808. The van der Waals surface area contributed by atoms with E-state index in [1.165, 1.54) is 31.4 Å². The Balaban J connectivity index is 0.00000205. The molecular weight excluding hydrogens is 386 g/mol. The van der Waals surface area contributed by atoms with E-state index in [9.17, 15) is 9.90 Å². The van der Waals surface area contributed by atoms with Crippen LogP contribution in [0.5, 0.6) is 11.5 Å². The van der Waals surface area contributed by atoms with E-state index < -0.39 is 0 Å². The molecule has 0 spiro atoms. The van der Waals surface area contributed by atoms with E-state index in [4.69, 9.17) is 4.74 Å². The molecule has 1 aromatic carbocycles. The molecule has 2 bridgehead atoms. The zero-order chi connectivity index (χ0) is 19.6. The van der Waals surface area contributed by atoms with Gasteiger partial charge in [-0.3, -0.25) is 9.69 Å². The zero-order valence-electron chi connectivity index (χ0n) is 17.8. The molecule has 1 N–H and O–H groups in total. The topological polar surface area (TPSA) is 49.8 Å². The van der Waals surface area contributed by atoms with Gasteiger partial charge in [0.05, 0.1) is 7.11 Å². The van der Waals surface area contributed by atoms with Gasteiger partial charge in [0.15, 0.2) is 11.5 Å². The molecule has 5 rings (SSSR count). The average Bonchev–Trinajstić information content (AvgIpc) is 2.63. The van der Waals surface area contributed by atoms with Crippen LogP contribution in [0, 0.1) is 23.7 Å². The Morgan fingerprint density at radius 3 is 2.69 bits per heavy atom. The van der Waals surface area contributed by atoms with Gasteiger partial charge in [0.1, 0.15) is 5.78 Å². The van der Waals surface area contributed by atoms with E-state index in [0.717, 1.165) is 30.9 Å². The van der Waals surface area contributed by atoms with Crippen molar-refractivity contribution in [3.8, 4) is 11.5 Å². The van der Waals surface area contributed by atoms with Crippen LogP contribution in [0.1, 0.15) is 57.1 Å². The van der Waals surface area contributed by atoms with Crippen molar-refractivity contribution in [1.29, 1.82) is 0 Å². The van der Waals surface area contributed by atoms with Gasteiger partial charge < -0.3 is 9.84 Å². The molecule has 4 nitrogen and oxygen atoms in total. The number of nitrogens with zero attached hydrogens (tertiary/aromatic N) is 1. The number of fused-ring (bicyclic) bond motifs is 1. The number of ketones is 1. The number of Topliss-reactive ketones (excluding diaryl/α,β-unsaturated/α-hetero) is 1. The van der Waals surface area contributed by atoms with Crippen molar-refractivity contribution in [3.05, 3.63) is 23.3 Å². The van der Waals surface area contributed by atoms with Gasteiger partial charge in [-0.25, -0.2) is 0 Å². The number of hydrogen-bond acceptors (Lipinski definition) is 4. The minimum atomic E-state index is -0.226.